The van der Waals surface area contributed by atoms with Crippen molar-refractivity contribution in [2.75, 3.05) is 18.8 Å². The Kier molecular flexibility index (Phi) is 5.38. The number of halogens is 4. The molecule has 2 fully saturated rings. The molecule has 2 aromatic heterocycles. The number of nitrogens with zero attached hydrogens (tertiary/aromatic N) is 2. The zero-order valence-corrected chi connectivity index (χ0v) is 19.5. The summed E-state index contributed by atoms with van der Waals surface area (Å²) in [5, 5.41) is 0.927. The molecule has 3 N–H and O–H groups in total. The van der Waals surface area contributed by atoms with Crippen molar-refractivity contribution >= 4 is 22.6 Å². The van der Waals surface area contributed by atoms with Crippen molar-refractivity contribution in [3.8, 4) is 5.75 Å². The van der Waals surface area contributed by atoms with E-state index in [1.54, 1.807) is 4.90 Å². The van der Waals surface area contributed by atoms with Crippen LogP contribution in [-0.4, -0.2) is 40.2 Å². The van der Waals surface area contributed by atoms with Gasteiger partial charge in [0, 0.05) is 41.5 Å². The maximum atomic E-state index is 15.2. The first-order chi connectivity index (χ1) is 17.2. The number of nitrogen functional groups attached to an aromatic ring is 1. The van der Waals surface area contributed by atoms with Crippen molar-refractivity contribution in [1.29, 1.82) is 0 Å². The number of nitrogens with two attached hydrogens (primary N) is 1. The zero-order valence-electron chi connectivity index (χ0n) is 19.5. The molecule has 3 heterocycles. The van der Waals surface area contributed by atoms with Gasteiger partial charge in [-0.1, -0.05) is 0 Å². The van der Waals surface area contributed by atoms with E-state index in [1.807, 2.05) is 0 Å². The molecule has 6 rings (SSSR count). The van der Waals surface area contributed by atoms with Gasteiger partial charge in [-0.15, -0.1) is 13.2 Å². The molecule has 3 aromatic rings. The number of piperidine rings is 1. The van der Waals surface area contributed by atoms with Crippen molar-refractivity contribution in [3.05, 3.63) is 52.6 Å². The number of anilines is 1. The third-order valence-corrected chi connectivity index (χ3v) is 8.07. The molecule has 0 unspecified atom stereocenters. The molecule has 1 aromatic carbocycles. The van der Waals surface area contributed by atoms with Crippen LogP contribution in [0.4, 0.5) is 23.2 Å². The van der Waals surface area contributed by atoms with Crippen LogP contribution in [0.25, 0.3) is 11.0 Å². The van der Waals surface area contributed by atoms with Gasteiger partial charge in [0.1, 0.15) is 17.2 Å². The first kappa shape index (κ1) is 23.1. The summed E-state index contributed by atoms with van der Waals surface area (Å²) in [5.41, 5.74) is 9.79. The maximum Gasteiger partial charge on any atom is 0.573 e. The van der Waals surface area contributed by atoms with Crippen LogP contribution in [0.1, 0.15) is 71.1 Å². The fourth-order valence-electron chi connectivity index (χ4n) is 6.49. The van der Waals surface area contributed by atoms with Crippen molar-refractivity contribution in [2.45, 2.75) is 56.7 Å². The smallest absolute Gasteiger partial charge is 0.406 e. The Hall–Kier alpha value is -3.30. The number of carbonyl (C=O) groups excluding carboxylic acids is 1. The number of carbonyl (C=O) groups is 1. The first-order valence-corrected chi connectivity index (χ1v) is 12.3. The molecule has 1 saturated carbocycles. The number of aromatic amines is 1. The molecule has 2 atom stereocenters. The number of nitrogens with one attached hydrogen (secondary N) is 1. The predicted molar refractivity (Wildman–Crippen MR) is 125 cm³/mol. The van der Waals surface area contributed by atoms with Crippen LogP contribution in [0.3, 0.4) is 0 Å². The van der Waals surface area contributed by atoms with Crippen LogP contribution in [0, 0.1) is 11.7 Å². The molecule has 36 heavy (non-hydrogen) atoms. The van der Waals surface area contributed by atoms with Crippen molar-refractivity contribution in [2.24, 2.45) is 5.92 Å². The number of aromatic nitrogens is 2. The van der Waals surface area contributed by atoms with E-state index < -0.39 is 12.1 Å². The number of hydrogen-bond acceptors (Lipinski definition) is 4. The number of amides is 1. The molecule has 0 spiro atoms. The minimum atomic E-state index is -4.84. The highest BCUT2D eigenvalue weighted by atomic mass is 19.4. The Morgan fingerprint density at radius 1 is 1.14 bits per heavy atom. The van der Waals surface area contributed by atoms with E-state index in [0.717, 1.165) is 36.0 Å². The number of rotatable bonds is 3. The summed E-state index contributed by atoms with van der Waals surface area (Å²) in [6, 6.07) is 3.32. The second-order valence-corrected chi connectivity index (χ2v) is 10.2. The lowest BCUT2D eigenvalue weighted by molar-refractivity contribution is -0.274. The lowest BCUT2D eigenvalue weighted by atomic mass is 9.82. The van der Waals surface area contributed by atoms with Crippen LogP contribution in [0.2, 0.25) is 0 Å². The molecule has 3 aliphatic rings. The van der Waals surface area contributed by atoms with Gasteiger partial charge in [-0.25, -0.2) is 9.37 Å². The fourth-order valence-corrected chi connectivity index (χ4v) is 6.49. The number of hydrogen-bond donors (Lipinski definition) is 2. The topological polar surface area (TPSA) is 84.2 Å². The summed E-state index contributed by atoms with van der Waals surface area (Å²) >= 11 is 0. The molecular formula is C26H26F4N4O2. The van der Waals surface area contributed by atoms with E-state index in [-0.39, 0.29) is 28.9 Å². The minimum absolute atomic E-state index is 0.0565. The summed E-state index contributed by atoms with van der Waals surface area (Å²) in [6.45, 7) is 0.787. The number of H-pyrrole nitrogens is 1. The number of ether oxygens (including phenoxy) is 1. The molecule has 10 heteroatoms. The Balaban J connectivity index is 1.22. The Morgan fingerprint density at radius 2 is 1.92 bits per heavy atom. The van der Waals surface area contributed by atoms with Gasteiger partial charge in [-0.3, -0.25) is 4.79 Å². The average Bonchev–Trinajstić information content (AvgIpc) is 3.40. The second-order valence-electron chi connectivity index (χ2n) is 10.2. The summed E-state index contributed by atoms with van der Waals surface area (Å²) in [6.07, 6.45) is 2.11. The fraction of sp³-hybridized carbons (Fsp3) is 0.462. The van der Waals surface area contributed by atoms with E-state index >= 15 is 4.39 Å². The molecule has 2 aliphatic carbocycles. The standard InChI is InChI=1S/C26H26F4N4O2/c27-19-12-32-24-22(18-10-13-1-2-15(9-13)23(18)33-24)21(19)14-5-7-34(8-6-14)25(35)17-4-3-16(11-20(17)31)36-26(28,29)30/h3-4,11-15H,1-2,5-10,31H2,(H,32,33)/t13-,15-/m1/s1. The third-order valence-electron chi connectivity index (χ3n) is 8.07. The summed E-state index contributed by atoms with van der Waals surface area (Å²) in [7, 11) is 0. The quantitative estimate of drug-likeness (QED) is 0.359. The molecule has 190 valence electrons. The van der Waals surface area contributed by atoms with Gasteiger partial charge in [-0.2, -0.15) is 0 Å². The highest BCUT2D eigenvalue weighted by Gasteiger charge is 2.38. The number of likely N-dealkylation sites (tertiary alicyclic amines) is 1. The van der Waals surface area contributed by atoms with Crippen molar-refractivity contribution in [1.82, 2.24) is 14.9 Å². The van der Waals surface area contributed by atoms with Crippen LogP contribution in [0.5, 0.6) is 5.75 Å². The lowest BCUT2D eigenvalue weighted by Gasteiger charge is -2.33. The van der Waals surface area contributed by atoms with Gasteiger partial charge < -0.3 is 20.4 Å². The van der Waals surface area contributed by atoms with Gasteiger partial charge in [0.15, 0.2) is 0 Å². The van der Waals surface area contributed by atoms with Crippen LogP contribution < -0.4 is 10.5 Å². The lowest BCUT2D eigenvalue weighted by Crippen LogP contribution is -2.38. The Morgan fingerprint density at radius 3 is 2.64 bits per heavy atom. The molecule has 2 bridgehead atoms. The van der Waals surface area contributed by atoms with Gasteiger partial charge in [0.05, 0.1) is 11.8 Å². The first-order valence-electron chi connectivity index (χ1n) is 12.3. The van der Waals surface area contributed by atoms with E-state index in [1.165, 1.54) is 36.4 Å². The Labute approximate surface area is 204 Å². The third kappa shape index (κ3) is 3.96. The molecule has 0 radical (unpaired) electrons. The summed E-state index contributed by atoms with van der Waals surface area (Å²) in [4.78, 5) is 22.5. The molecule has 1 aliphatic heterocycles. The molecule has 1 amide bonds. The zero-order chi connectivity index (χ0) is 25.2. The van der Waals surface area contributed by atoms with Gasteiger partial charge in [-0.05, 0) is 74.0 Å². The number of fused-ring (bicyclic) bond motifs is 6. The number of benzene rings is 1. The van der Waals surface area contributed by atoms with Gasteiger partial charge >= 0.3 is 6.36 Å². The minimum Gasteiger partial charge on any atom is -0.406 e. The normalized spacial score (nSPS) is 22.2. The highest BCUT2D eigenvalue weighted by molar-refractivity contribution is 5.99. The average molecular weight is 503 g/mol. The van der Waals surface area contributed by atoms with Crippen molar-refractivity contribution < 1.29 is 27.1 Å². The van der Waals surface area contributed by atoms with Gasteiger partial charge in [0.25, 0.3) is 5.91 Å². The molecular weight excluding hydrogens is 476 g/mol. The predicted octanol–water partition coefficient (Wildman–Crippen LogP) is 5.64. The maximum absolute atomic E-state index is 15.2. The largest absolute Gasteiger partial charge is 0.573 e. The molecule has 6 nitrogen and oxygen atoms in total. The van der Waals surface area contributed by atoms with E-state index in [2.05, 4.69) is 14.7 Å². The SMILES string of the molecule is Nc1cc(OC(F)(F)F)ccc1C(=O)N1CCC(c2c(F)cnc3[nH]c4c(c23)C[C@@H]2CC[C@@H]4C2)CC1. The van der Waals surface area contributed by atoms with E-state index in [4.69, 9.17) is 5.73 Å². The summed E-state index contributed by atoms with van der Waals surface area (Å²) in [5.74, 6) is -0.0521. The Bertz CT molecular complexity index is 1340. The number of pyridine rings is 1. The van der Waals surface area contributed by atoms with Crippen LogP contribution in [0.15, 0.2) is 24.4 Å². The molecule has 1 saturated heterocycles. The van der Waals surface area contributed by atoms with Gasteiger partial charge in [0.2, 0.25) is 0 Å². The highest BCUT2D eigenvalue weighted by Crippen LogP contribution is 2.49. The van der Waals surface area contributed by atoms with Crippen LogP contribution >= 0.6 is 0 Å². The van der Waals surface area contributed by atoms with E-state index in [0.29, 0.717) is 43.3 Å². The monoisotopic (exact) mass is 502 g/mol. The van der Waals surface area contributed by atoms with Crippen molar-refractivity contribution in [3.63, 3.8) is 0 Å². The van der Waals surface area contributed by atoms with E-state index in [9.17, 15) is 18.0 Å². The second kappa shape index (κ2) is 8.38. The van der Waals surface area contributed by atoms with Crippen LogP contribution in [-0.2, 0) is 6.42 Å². The number of alkyl halides is 3. The summed E-state index contributed by atoms with van der Waals surface area (Å²) < 4.78 is 56.5.